The monoisotopic (exact) mass is 541 g/mol. The molecule has 1 aliphatic heterocycles. The number of fused-ring (bicyclic) bond motifs is 2. The van der Waals surface area contributed by atoms with E-state index in [0.29, 0.717) is 41.8 Å². The van der Waals surface area contributed by atoms with Gasteiger partial charge in [0.2, 0.25) is 5.91 Å². The molecule has 0 saturated carbocycles. The van der Waals surface area contributed by atoms with Crippen LogP contribution >= 0.6 is 22.9 Å². The Bertz CT molecular complexity index is 1670. The molecule has 0 spiro atoms. The van der Waals surface area contributed by atoms with Crippen LogP contribution in [-0.4, -0.2) is 50.7 Å². The maximum atomic E-state index is 13.9. The molecule has 1 atom stereocenters. The van der Waals surface area contributed by atoms with E-state index in [-0.39, 0.29) is 11.8 Å². The quantitative estimate of drug-likeness (QED) is 0.331. The van der Waals surface area contributed by atoms with Gasteiger partial charge < -0.3 is 15.5 Å². The van der Waals surface area contributed by atoms with Crippen molar-refractivity contribution in [1.29, 1.82) is 0 Å². The van der Waals surface area contributed by atoms with E-state index >= 15 is 0 Å². The molecule has 5 aromatic rings. The Hall–Kier alpha value is -4.01. The van der Waals surface area contributed by atoms with Crippen LogP contribution in [0.15, 0.2) is 79.1 Å². The minimum absolute atomic E-state index is 0.0695. The van der Waals surface area contributed by atoms with Gasteiger partial charge in [-0.2, -0.15) is 0 Å². The number of anilines is 1. The van der Waals surface area contributed by atoms with E-state index in [1.165, 1.54) is 17.7 Å². The Labute approximate surface area is 228 Å². The normalized spacial score (nSPS) is 15.9. The Morgan fingerprint density at radius 3 is 2.68 bits per heavy atom. The molecule has 7 nitrogen and oxygen atoms in total. The van der Waals surface area contributed by atoms with Crippen molar-refractivity contribution >= 4 is 61.6 Å². The number of nitrogens with zero attached hydrogens (tertiary/aromatic N) is 4. The lowest BCUT2D eigenvalue weighted by Gasteiger charge is -2.40. The summed E-state index contributed by atoms with van der Waals surface area (Å²) < 4.78 is 0.950. The van der Waals surface area contributed by atoms with Crippen molar-refractivity contribution in [2.24, 2.45) is 0 Å². The Kier molecular flexibility index (Phi) is 6.43. The summed E-state index contributed by atoms with van der Waals surface area (Å²) in [6.07, 6.45) is 1.88. The first kappa shape index (κ1) is 24.3. The third kappa shape index (κ3) is 4.68. The van der Waals surface area contributed by atoms with Gasteiger partial charge in [-0.3, -0.25) is 9.59 Å². The summed E-state index contributed by atoms with van der Waals surface area (Å²) in [4.78, 5) is 40.2. The summed E-state index contributed by atoms with van der Waals surface area (Å²) in [5.41, 5.74) is 8.66. The average molecular weight is 542 g/mol. The minimum Gasteiger partial charge on any atom is -0.383 e. The van der Waals surface area contributed by atoms with Crippen LogP contribution in [0.25, 0.3) is 21.0 Å². The van der Waals surface area contributed by atoms with E-state index in [1.54, 1.807) is 4.90 Å². The fourth-order valence-electron chi connectivity index (χ4n) is 4.97. The highest BCUT2D eigenvalue weighted by molar-refractivity contribution is 7.20. The number of nitrogen functional groups attached to an aromatic ring is 1. The summed E-state index contributed by atoms with van der Waals surface area (Å²) in [6, 6.07) is 22.5. The zero-order chi connectivity index (χ0) is 26.2. The van der Waals surface area contributed by atoms with Crippen LogP contribution in [0.3, 0.4) is 0 Å². The minimum atomic E-state index is -0.606. The number of piperazine rings is 1. The van der Waals surface area contributed by atoms with E-state index in [0.717, 1.165) is 32.1 Å². The molecular weight excluding hydrogens is 518 g/mol. The van der Waals surface area contributed by atoms with Crippen molar-refractivity contribution in [2.45, 2.75) is 19.0 Å². The first-order chi connectivity index (χ1) is 18.5. The molecule has 38 heavy (non-hydrogen) atoms. The van der Waals surface area contributed by atoms with Crippen molar-refractivity contribution in [3.05, 3.63) is 100 Å². The molecule has 2 N–H and O–H groups in total. The van der Waals surface area contributed by atoms with E-state index in [9.17, 15) is 9.59 Å². The Balaban J connectivity index is 1.29. The largest absolute Gasteiger partial charge is 0.383 e. The molecule has 1 saturated heterocycles. The molecule has 1 fully saturated rings. The lowest BCUT2D eigenvalue weighted by atomic mass is 10.00. The first-order valence-electron chi connectivity index (χ1n) is 12.3. The number of thiophene rings is 1. The summed E-state index contributed by atoms with van der Waals surface area (Å²) in [6.45, 7) is 1.31. The summed E-state index contributed by atoms with van der Waals surface area (Å²) in [7, 11) is 0. The van der Waals surface area contributed by atoms with Gasteiger partial charge >= 0.3 is 0 Å². The second-order valence-corrected chi connectivity index (χ2v) is 10.9. The van der Waals surface area contributed by atoms with Crippen LogP contribution in [0.1, 0.15) is 20.8 Å². The number of amides is 2. The number of hydrogen-bond donors (Lipinski definition) is 1. The number of benzene rings is 3. The fraction of sp³-hybridized carbons (Fsp3) is 0.172. The van der Waals surface area contributed by atoms with Crippen LogP contribution < -0.4 is 5.73 Å². The molecule has 3 heterocycles. The van der Waals surface area contributed by atoms with Crippen molar-refractivity contribution in [3.8, 4) is 0 Å². The smallest absolute Gasteiger partial charge is 0.264 e. The van der Waals surface area contributed by atoms with Gasteiger partial charge in [-0.1, -0.05) is 54.1 Å². The molecule has 1 aliphatic rings. The van der Waals surface area contributed by atoms with Crippen molar-refractivity contribution in [2.75, 3.05) is 18.8 Å². The zero-order valence-electron chi connectivity index (χ0n) is 20.4. The zero-order valence-corrected chi connectivity index (χ0v) is 22.0. The summed E-state index contributed by atoms with van der Waals surface area (Å²) in [5.74, 6) is 0.227. The van der Waals surface area contributed by atoms with Gasteiger partial charge in [-0.05, 0) is 46.8 Å². The maximum Gasteiger partial charge on any atom is 0.264 e. The van der Waals surface area contributed by atoms with E-state index in [4.69, 9.17) is 17.3 Å². The van der Waals surface area contributed by atoms with Crippen LogP contribution in [0, 0.1) is 0 Å². The van der Waals surface area contributed by atoms with Gasteiger partial charge in [0, 0.05) is 41.2 Å². The predicted octanol–water partition coefficient (Wildman–Crippen LogP) is 5.18. The third-order valence-electron chi connectivity index (χ3n) is 6.91. The average Bonchev–Trinajstić information content (AvgIpc) is 3.35. The van der Waals surface area contributed by atoms with E-state index in [1.807, 2.05) is 77.7 Å². The van der Waals surface area contributed by atoms with Gasteiger partial charge in [0.1, 0.15) is 18.2 Å². The highest BCUT2D eigenvalue weighted by atomic mass is 35.5. The van der Waals surface area contributed by atoms with Crippen LogP contribution in [0.4, 0.5) is 5.82 Å². The van der Waals surface area contributed by atoms with Crippen LogP contribution in [-0.2, 0) is 17.8 Å². The maximum absolute atomic E-state index is 13.9. The Morgan fingerprint density at radius 1 is 1.00 bits per heavy atom. The molecule has 9 heteroatoms. The molecule has 0 radical (unpaired) electrons. The van der Waals surface area contributed by atoms with E-state index in [2.05, 4.69) is 9.97 Å². The molecule has 6 rings (SSSR count). The molecular formula is C29H24ClN5O2S. The molecule has 0 unspecified atom stereocenters. The number of halogens is 1. The number of aromatic nitrogens is 2. The second kappa shape index (κ2) is 10.0. The molecule has 0 aliphatic carbocycles. The fourth-order valence-corrected chi connectivity index (χ4v) is 6.26. The number of rotatable bonds is 5. The number of nitrogens with two attached hydrogens (primary N) is 1. The lowest BCUT2D eigenvalue weighted by Crippen LogP contribution is -2.59. The predicted molar refractivity (Wildman–Crippen MR) is 151 cm³/mol. The molecule has 190 valence electrons. The first-order valence-corrected chi connectivity index (χ1v) is 13.5. The van der Waals surface area contributed by atoms with Gasteiger partial charge in [-0.25, -0.2) is 9.97 Å². The van der Waals surface area contributed by atoms with Gasteiger partial charge in [0.05, 0.1) is 10.4 Å². The van der Waals surface area contributed by atoms with Crippen LogP contribution in [0.2, 0.25) is 5.02 Å². The molecule has 3 aromatic carbocycles. The molecule has 2 aromatic heterocycles. The standard InChI is InChI=1S/C29H24ClN5O2S/c30-21-8-7-20-14-26(38-25(20)15-21)29(37)35-11-10-34(28(36)24(35)13-18-4-2-1-3-5-18)16-19-6-9-22-23(12-19)32-17-33-27(22)31/h1-9,12,14-15,17,24H,10-11,13,16H2,(H2,31,32,33)/t24-/m0/s1. The van der Waals surface area contributed by atoms with Crippen molar-refractivity contribution in [3.63, 3.8) is 0 Å². The topological polar surface area (TPSA) is 92.4 Å². The van der Waals surface area contributed by atoms with Crippen molar-refractivity contribution < 1.29 is 9.59 Å². The third-order valence-corrected chi connectivity index (χ3v) is 8.24. The van der Waals surface area contributed by atoms with Crippen LogP contribution in [0.5, 0.6) is 0 Å². The lowest BCUT2D eigenvalue weighted by molar-refractivity contribution is -0.140. The number of carbonyl (C=O) groups is 2. The second-order valence-electron chi connectivity index (χ2n) is 9.37. The van der Waals surface area contributed by atoms with Gasteiger partial charge in [0.25, 0.3) is 5.91 Å². The Morgan fingerprint density at radius 2 is 1.84 bits per heavy atom. The molecule has 2 amide bonds. The summed E-state index contributed by atoms with van der Waals surface area (Å²) in [5, 5.41) is 2.38. The van der Waals surface area contributed by atoms with Crippen molar-refractivity contribution in [1.82, 2.24) is 19.8 Å². The number of hydrogen-bond acceptors (Lipinski definition) is 6. The number of carbonyl (C=O) groups excluding carboxylic acids is 2. The van der Waals surface area contributed by atoms with Gasteiger partial charge in [0.15, 0.2) is 0 Å². The highest BCUT2D eigenvalue weighted by Crippen LogP contribution is 2.31. The SMILES string of the molecule is Nc1ncnc2cc(CN3CCN(C(=O)c4cc5ccc(Cl)cc5s4)[C@@H](Cc4ccccc4)C3=O)ccc12. The summed E-state index contributed by atoms with van der Waals surface area (Å²) >= 11 is 7.56. The highest BCUT2D eigenvalue weighted by Gasteiger charge is 2.38. The molecule has 0 bridgehead atoms. The van der Waals surface area contributed by atoms with E-state index < -0.39 is 6.04 Å². The van der Waals surface area contributed by atoms with Gasteiger partial charge in [-0.15, -0.1) is 11.3 Å².